The Labute approximate surface area is 107 Å². The van der Waals surface area contributed by atoms with Crippen LogP contribution in [0.3, 0.4) is 0 Å². The van der Waals surface area contributed by atoms with Crippen LogP contribution in [0.15, 0.2) is 0 Å². The molecule has 17 heavy (non-hydrogen) atoms. The third-order valence-corrected chi connectivity index (χ3v) is 2.61. The number of nitrogens with two attached hydrogens (primary N) is 1. The molecule has 0 saturated carbocycles. The predicted octanol–water partition coefficient (Wildman–Crippen LogP) is 1.29. The van der Waals surface area contributed by atoms with Crippen molar-refractivity contribution in [3.63, 3.8) is 0 Å². The monoisotopic (exact) mass is 256 g/mol. The first-order chi connectivity index (χ1) is 8.20. The standard InChI is InChI=1S/C11H20N4OS/c1-3-6-9-10(11(12)17)13-14-15(9)7-5-8-16-4-2/h3-8H2,1-2H3,(H2,12,17). The summed E-state index contributed by atoms with van der Waals surface area (Å²) in [5.41, 5.74) is 7.33. The van der Waals surface area contributed by atoms with Crippen molar-refractivity contribution < 1.29 is 4.74 Å². The van der Waals surface area contributed by atoms with Crippen LogP contribution in [0.25, 0.3) is 0 Å². The van der Waals surface area contributed by atoms with Crippen molar-refractivity contribution in [1.82, 2.24) is 15.0 Å². The Morgan fingerprint density at radius 2 is 2.24 bits per heavy atom. The van der Waals surface area contributed by atoms with Crippen molar-refractivity contribution in [2.45, 2.75) is 39.7 Å². The van der Waals surface area contributed by atoms with Gasteiger partial charge in [0.05, 0.1) is 5.69 Å². The Hall–Kier alpha value is -1.01. The van der Waals surface area contributed by atoms with E-state index >= 15 is 0 Å². The number of aromatic nitrogens is 3. The number of aryl methyl sites for hydroxylation is 1. The summed E-state index contributed by atoms with van der Waals surface area (Å²) in [5, 5.41) is 8.14. The van der Waals surface area contributed by atoms with Crippen molar-refractivity contribution in [2.75, 3.05) is 13.2 Å². The van der Waals surface area contributed by atoms with Gasteiger partial charge in [-0.3, -0.25) is 0 Å². The smallest absolute Gasteiger partial charge is 0.143 e. The van der Waals surface area contributed by atoms with Gasteiger partial charge in [0.2, 0.25) is 0 Å². The van der Waals surface area contributed by atoms with Crippen LogP contribution in [0.1, 0.15) is 38.1 Å². The van der Waals surface area contributed by atoms with E-state index in [2.05, 4.69) is 17.2 Å². The molecule has 5 nitrogen and oxygen atoms in total. The normalized spacial score (nSPS) is 10.7. The zero-order chi connectivity index (χ0) is 12.7. The molecule has 1 rings (SSSR count). The van der Waals surface area contributed by atoms with Gasteiger partial charge in [0, 0.05) is 19.8 Å². The molecule has 0 radical (unpaired) electrons. The molecular weight excluding hydrogens is 236 g/mol. The maximum atomic E-state index is 5.63. The lowest BCUT2D eigenvalue weighted by Gasteiger charge is -2.06. The number of rotatable bonds is 8. The van der Waals surface area contributed by atoms with Crippen LogP contribution in [0, 0.1) is 0 Å². The second-order valence-corrected chi connectivity index (χ2v) is 4.21. The highest BCUT2D eigenvalue weighted by molar-refractivity contribution is 7.80. The molecule has 96 valence electrons. The number of hydrogen-bond donors (Lipinski definition) is 1. The number of hydrogen-bond acceptors (Lipinski definition) is 4. The highest BCUT2D eigenvalue weighted by Crippen LogP contribution is 2.09. The Morgan fingerprint density at radius 1 is 1.47 bits per heavy atom. The van der Waals surface area contributed by atoms with Gasteiger partial charge in [0.25, 0.3) is 0 Å². The van der Waals surface area contributed by atoms with Gasteiger partial charge in [-0.2, -0.15) is 0 Å². The van der Waals surface area contributed by atoms with Crippen LogP contribution in [0.5, 0.6) is 0 Å². The highest BCUT2D eigenvalue weighted by atomic mass is 32.1. The predicted molar refractivity (Wildman–Crippen MR) is 71.0 cm³/mol. The molecule has 0 aliphatic rings. The van der Waals surface area contributed by atoms with Gasteiger partial charge in [0.1, 0.15) is 10.7 Å². The molecule has 0 amide bonds. The zero-order valence-electron chi connectivity index (χ0n) is 10.5. The fraction of sp³-hybridized carbons (Fsp3) is 0.727. The highest BCUT2D eigenvalue weighted by Gasteiger charge is 2.13. The molecule has 0 spiro atoms. The number of thiocarbonyl (C=S) groups is 1. The minimum Gasteiger partial charge on any atom is -0.388 e. The summed E-state index contributed by atoms with van der Waals surface area (Å²) in [5.74, 6) is 0. The molecule has 0 unspecified atom stereocenters. The molecule has 1 heterocycles. The van der Waals surface area contributed by atoms with Crippen LogP contribution in [-0.2, 0) is 17.7 Å². The fourth-order valence-corrected chi connectivity index (χ4v) is 1.81. The van der Waals surface area contributed by atoms with Crippen LogP contribution in [0.2, 0.25) is 0 Å². The lowest BCUT2D eigenvalue weighted by molar-refractivity contribution is 0.140. The Kier molecular flexibility index (Phi) is 6.07. The first-order valence-electron chi connectivity index (χ1n) is 6.00. The topological polar surface area (TPSA) is 66.0 Å². The molecule has 2 N–H and O–H groups in total. The van der Waals surface area contributed by atoms with Crippen LogP contribution >= 0.6 is 12.2 Å². The third-order valence-electron chi connectivity index (χ3n) is 2.42. The van der Waals surface area contributed by atoms with E-state index in [1.807, 2.05) is 11.6 Å². The van der Waals surface area contributed by atoms with Crippen molar-refractivity contribution in [3.8, 4) is 0 Å². The van der Waals surface area contributed by atoms with Crippen LogP contribution in [-0.4, -0.2) is 33.2 Å². The van der Waals surface area contributed by atoms with Crippen molar-refractivity contribution in [2.24, 2.45) is 5.73 Å². The van der Waals surface area contributed by atoms with Gasteiger partial charge in [-0.15, -0.1) is 5.10 Å². The zero-order valence-corrected chi connectivity index (χ0v) is 11.3. The van der Waals surface area contributed by atoms with Crippen LogP contribution in [0.4, 0.5) is 0 Å². The number of nitrogens with zero attached hydrogens (tertiary/aromatic N) is 3. The molecule has 0 saturated heterocycles. The Bertz CT molecular complexity index is 364. The average Bonchev–Trinajstić information content (AvgIpc) is 2.69. The van der Waals surface area contributed by atoms with E-state index in [0.717, 1.165) is 44.7 Å². The second kappa shape index (κ2) is 7.34. The summed E-state index contributed by atoms with van der Waals surface area (Å²) in [7, 11) is 0. The van der Waals surface area contributed by atoms with Gasteiger partial charge in [-0.1, -0.05) is 30.8 Å². The first-order valence-corrected chi connectivity index (χ1v) is 6.41. The summed E-state index contributed by atoms with van der Waals surface area (Å²) < 4.78 is 7.18. The van der Waals surface area contributed by atoms with E-state index in [4.69, 9.17) is 22.7 Å². The van der Waals surface area contributed by atoms with E-state index in [1.165, 1.54) is 0 Å². The quantitative estimate of drug-likeness (QED) is 0.561. The molecule has 0 fully saturated rings. The van der Waals surface area contributed by atoms with E-state index in [0.29, 0.717) is 10.7 Å². The lowest BCUT2D eigenvalue weighted by atomic mass is 10.2. The third kappa shape index (κ3) is 4.05. The van der Waals surface area contributed by atoms with Crippen molar-refractivity contribution >= 4 is 17.2 Å². The van der Waals surface area contributed by atoms with E-state index < -0.39 is 0 Å². The van der Waals surface area contributed by atoms with Gasteiger partial charge in [-0.05, 0) is 19.8 Å². The van der Waals surface area contributed by atoms with Gasteiger partial charge in [0.15, 0.2) is 0 Å². The number of ether oxygens (including phenoxy) is 1. The van der Waals surface area contributed by atoms with Crippen molar-refractivity contribution in [3.05, 3.63) is 11.4 Å². The van der Waals surface area contributed by atoms with Crippen LogP contribution < -0.4 is 5.73 Å². The minimum absolute atomic E-state index is 0.324. The largest absolute Gasteiger partial charge is 0.388 e. The summed E-state index contributed by atoms with van der Waals surface area (Å²) >= 11 is 4.97. The van der Waals surface area contributed by atoms with Gasteiger partial charge >= 0.3 is 0 Å². The lowest BCUT2D eigenvalue weighted by Crippen LogP contribution is -2.14. The molecule has 0 aliphatic carbocycles. The van der Waals surface area contributed by atoms with E-state index in [1.54, 1.807) is 0 Å². The first kappa shape index (κ1) is 14.1. The maximum absolute atomic E-state index is 5.63. The average molecular weight is 256 g/mol. The van der Waals surface area contributed by atoms with Crippen molar-refractivity contribution in [1.29, 1.82) is 0 Å². The summed E-state index contributed by atoms with van der Waals surface area (Å²) in [6.07, 6.45) is 2.84. The van der Waals surface area contributed by atoms with Gasteiger partial charge in [-0.25, -0.2) is 4.68 Å². The molecule has 0 atom stereocenters. The molecule has 0 aliphatic heterocycles. The summed E-state index contributed by atoms with van der Waals surface area (Å²) in [6.45, 7) is 6.39. The summed E-state index contributed by atoms with van der Waals surface area (Å²) in [6, 6.07) is 0. The molecule has 0 bridgehead atoms. The molecule has 1 aromatic rings. The second-order valence-electron chi connectivity index (χ2n) is 3.77. The Morgan fingerprint density at radius 3 is 2.82 bits per heavy atom. The molecule has 6 heteroatoms. The summed E-state index contributed by atoms with van der Waals surface area (Å²) in [4.78, 5) is 0.324. The molecule has 1 aromatic heterocycles. The SMILES string of the molecule is CCCc1c(C(N)=S)nnn1CCCOCC. The molecular formula is C11H20N4OS. The van der Waals surface area contributed by atoms with Gasteiger partial charge < -0.3 is 10.5 Å². The minimum atomic E-state index is 0.324. The molecule has 0 aromatic carbocycles. The van der Waals surface area contributed by atoms with E-state index in [-0.39, 0.29) is 0 Å². The maximum Gasteiger partial charge on any atom is 0.143 e. The van der Waals surface area contributed by atoms with E-state index in [9.17, 15) is 0 Å². The fourth-order valence-electron chi connectivity index (χ4n) is 1.65. The Balaban J connectivity index is 2.67.